The minimum absolute atomic E-state index is 0.254. The average molecular weight is 299 g/mol. The van der Waals surface area contributed by atoms with Gasteiger partial charge in [0.15, 0.2) is 0 Å². The summed E-state index contributed by atoms with van der Waals surface area (Å²) in [5.41, 5.74) is 4.17. The fraction of sp³-hybridized carbons (Fsp3) is 0.188. The van der Waals surface area contributed by atoms with Crippen LogP contribution in [-0.2, 0) is 11.4 Å². The maximum atomic E-state index is 13.5. The predicted octanol–water partition coefficient (Wildman–Crippen LogP) is 3.61. The molecule has 3 aromatic rings. The summed E-state index contributed by atoms with van der Waals surface area (Å²) in [6.45, 7) is 3.78. The third-order valence-electron chi connectivity index (χ3n) is 3.34. The average Bonchev–Trinajstić information content (AvgIpc) is 2.97. The van der Waals surface area contributed by atoms with Crippen LogP contribution in [0.3, 0.4) is 0 Å². The second-order valence-electron chi connectivity index (χ2n) is 5.00. The summed E-state index contributed by atoms with van der Waals surface area (Å²) >= 11 is 0. The maximum absolute atomic E-state index is 13.5. The Hall–Kier alpha value is -2.76. The zero-order valence-corrected chi connectivity index (χ0v) is 12.2. The number of oxime groups is 1. The summed E-state index contributed by atoms with van der Waals surface area (Å²) in [4.78, 5) is 5.32. The number of rotatable bonds is 4. The van der Waals surface area contributed by atoms with E-state index in [4.69, 9.17) is 4.84 Å². The molecule has 0 unspecified atom stereocenters. The van der Waals surface area contributed by atoms with E-state index in [1.165, 1.54) is 6.07 Å². The molecule has 5 nitrogen and oxygen atoms in total. The van der Waals surface area contributed by atoms with Crippen molar-refractivity contribution in [2.24, 2.45) is 5.16 Å². The SMILES string of the molecule is C/C(=N\OCc1ccc2nonc2c1)c1ccc(C)c(F)c1. The number of nitrogens with zero attached hydrogens (tertiary/aromatic N) is 3. The monoisotopic (exact) mass is 299 g/mol. The Labute approximate surface area is 126 Å². The summed E-state index contributed by atoms with van der Waals surface area (Å²) in [6, 6.07) is 10.5. The molecule has 3 rings (SSSR count). The van der Waals surface area contributed by atoms with E-state index in [9.17, 15) is 4.39 Å². The maximum Gasteiger partial charge on any atom is 0.142 e. The first-order valence-corrected chi connectivity index (χ1v) is 6.78. The van der Waals surface area contributed by atoms with Gasteiger partial charge in [0.25, 0.3) is 0 Å². The smallest absolute Gasteiger partial charge is 0.142 e. The molecule has 1 aromatic heterocycles. The highest BCUT2D eigenvalue weighted by atomic mass is 19.1. The van der Waals surface area contributed by atoms with Crippen LogP contribution in [0.25, 0.3) is 11.0 Å². The molecule has 0 atom stereocenters. The third kappa shape index (κ3) is 2.95. The van der Waals surface area contributed by atoms with Gasteiger partial charge >= 0.3 is 0 Å². The van der Waals surface area contributed by atoms with Gasteiger partial charge in [0.1, 0.15) is 23.5 Å². The van der Waals surface area contributed by atoms with Crippen molar-refractivity contribution in [3.05, 3.63) is 58.9 Å². The normalized spacial score (nSPS) is 11.9. The van der Waals surface area contributed by atoms with Gasteiger partial charge in [-0.15, -0.1) is 0 Å². The molecule has 6 heteroatoms. The van der Waals surface area contributed by atoms with Crippen LogP contribution in [0.15, 0.2) is 46.2 Å². The molecule has 0 aliphatic heterocycles. The molecule has 112 valence electrons. The van der Waals surface area contributed by atoms with E-state index >= 15 is 0 Å². The van der Waals surface area contributed by atoms with E-state index in [2.05, 4.69) is 20.1 Å². The van der Waals surface area contributed by atoms with Crippen LogP contribution in [0.2, 0.25) is 0 Å². The standard InChI is InChI=1S/C16H14FN3O2/c1-10-3-5-13(8-14(10)17)11(2)18-21-9-12-4-6-15-16(7-12)20-22-19-15/h3-8H,9H2,1-2H3/b18-11+. The van der Waals surface area contributed by atoms with Crippen LogP contribution in [0, 0.1) is 12.7 Å². The number of fused-ring (bicyclic) bond motifs is 1. The Balaban J connectivity index is 1.68. The molecule has 0 amide bonds. The summed E-state index contributed by atoms with van der Waals surface area (Å²) in [5.74, 6) is -0.254. The highest BCUT2D eigenvalue weighted by Crippen LogP contribution is 2.13. The second kappa shape index (κ2) is 5.93. The Morgan fingerprint density at radius 3 is 2.82 bits per heavy atom. The van der Waals surface area contributed by atoms with Gasteiger partial charge in [-0.2, -0.15) is 0 Å². The van der Waals surface area contributed by atoms with Crippen molar-refractivity contribution in [3.63, 3.8) is 0 Å². The molecular weight excluding hydrogens is 285 g/mol. The van der Waals surface area contributed by atoms with Crippen molar-refractivity contribution in [1.29, 1.82) is 0 Å². The molecule has 22 heavy (non-hydrogen) atoms. The lowest BCUT2D eigenvalue weighted by molar-refractivity contribution is 0.130. The second-order valence-corrected chi connectivity index (χ2v) is 5.00. The zero-order chi connectivity index (χ0) is 15.5. The van der Waals surface area contributed by atoms with Gasteiger partial charge in [-0.25, -0.2) is 9.02 Å². The van der Waals surface area contributed by atoms with E-state index < -0.39 is 0 Å². The fourth-order valence-electron chi connectivity index (χ4n) is 1.99. The summed E-state index contributed by atoms with van der Waals surface area (Å²) in [7, 11) is 0. The van der Waals surface area contributed by atoms with Gasteiger partial charge in [-0.3, -0.25) is 0 Å². The van der Waals surface area contributed by atoms with Crippen molar-refractivity contribution < 1.29 is 13.9 Å². The molecule has 1 heterocycles. The third-order valence-corrected chi connectivity index (χ3v) is 3.34. The van der Waals surface area contributed by atoms with Crippen LogP contribution >= 0.6 is 0 Å². The lowest BCUT2D eigenvalue weighted by Crippen LogP contribution is -1.98. The van der Waals surface area contributed by atoms with Crippen molar-refractivity contribution in [3.8, 4) is 0 Å². The molecule has 0 saturated carbocycles. The first-order chi connectivity index (χ1) is 10.6. The number of halogens is 1. The van der Waals surface area contributed by atoms with Crippen LogP contribution < -0.4 is 0 Å². The van der Waals surface area contributed by atoms with Gasteiger partial charge in [-0.1, -0.05) is 23.4 Å². The molecule has 0 saturated heterocycles. The molecule has 0 aliphatic rings. The minimum Gasteiger partial charge on any atom is -0.391 e. The molecular formula is C16H14FN3O2. The lowest BCUT2D eigenvalue weighted by Gasteiger charge is -2.04. The first-order valence-electron chi connectivity index (χ1n) is 6.78. The number of aryl methyl sites for hydroxylation is 1. The lowest BCUT2D eigenvalue weighted by atomic mass is 10.1. The number of hydrogen-bond acceptors (Lipinski definition) is 5. The summed E-state index contributed by atoms with van der Waals surface area (Å²) < 4.78 is 18.2. The number of aromatic nitrogens is 2. The Bertz CT molecular complexity index is 842. The molecule has 0 spiro atoms. The molecule has 0 radical (unpaired) electrons. The van der Waals surface area contributed by atoms with Gasteiger partial charge in [0.05, 0.1) is 5.71 Å². The van der Waals surface area contributed by atoms with E-state index in [1.807, 2.05) is 18.2 Å². The Morgan fingerprint density at radius 2 is 2.00 bits per heavy atom. The largest absolute Gasteiger partial charge is 0.391 e. The zero-order valence-electron chi connectivity index (χ0n) is 12.2. The molecule has 0 bridgehead atoms. The van der Waals surface area contributed by atoms with Gasteiger partial charge in [0, 0.05) is 5.56 Å². The van der Waals surface area contributed by atoms with E-state index in [0.717, 1.165) is 5.56 Å². The van der Waals surface area contributed by atoms with Gasteiger partial charge in [-0.05, 0) is 53.5 Å². The Kier molecular flexibility index (Phi) is 3.82. The first kappa shape index (κ1) is 14.2. The van der Waals surface area contributed by atoms with Crippen molar-refractivity contribution in [2.45, 2.75) is 20.5 Å². The van der Waals surface area contributed by atoms with E-state index in [1.54, 1.807) is 26.0 Å². The van der Waals surface area contributed by atoms with Crippen LogP contribution in [-0.4, -0.2) is 16.0 Å². The molecule has 0 aliphatic carbocycles. The van der Waals surface area contributed by atoms with Crippen molar-refractivity contribution >= 4 is 16.7 Å². The van der Waals surface area contributed by atoms with Gasteiger partial charge < -0.3 is 4.84 Å². The fourth-order valence-corrected chi connectivity index (χ4v) is 1.99. The highest BCUT2D eigenvalue weighted by Gasteiger charge is 2.04. The summed E-state index contributed by atoms with van der Waals surface area (Å²) in [5, 5.41) is 11.5. The topological polar surface area (TPSA) is 60.5 Å². The quantitative estimate of drug-likeness (QED) is 0.545. The molecule has 0 N–H and O–H groups in total. The van der Waals surface area contributed by atoms with E-state index in [-0.39, 0.29) is 12.4 Å². The highest BCUT2D eigenvalue weighted by molar-refractivity contribution is 5.98. The Morgan fingerprint density at radius 1 is 1.18 bits per heavy atom. The molecule has 0 fully saturated rings. The van der Waals surface area contributed by atoms with Crippen LogP contribution in [0.4, 0.5) is 4.39 Å². The van der Waals surface area contributed by atoms with E-state index in [0.29, 0.717) is 27.9 Å². The number of hydrogen-bond donors (Lipinski definition) is 0. The number of benzene rings is 2. The minimum atomic E-state index is -0.254. The predicted molar refractivity (Wildman–Crippen MR) is 79.9 cm³/mol. The van der Waals surface area contributed by atoms with Gasteiger partial charge in [0.2, 0.25) is 0 Å². The molecule has 2 aromatic carbocycles. The van der Waals surface area contributed by atoms with Crippen LogP contribution in [0.1, 0.15) is 23.6 Å². The van der Waals surface area contributed by atoms with Crippen molar-refractivity contribution in [2.75, 3.05) is 0 Å². The van der Waals surface area contributed by atoms with Crippen LogP contribution in [0.5, 0.6) is 0 Å². The summed E-state index contributed by atoms with van der Waals surface area (Å²) in [6.07, 6.45) is 0. The van der Waals surface area contributed by atoms with Crippen molar-refractivity contribution in [1.82, 2.24) is 10.3 Å².